The molecule has 1 fully saturated rings. The van der Waals surface area contributed by atoms with Crippen molar-refractivity contribution in [1.29, 1.82) is 0 Å². The maximum atomic E-state index is 14.2. The Balaban J connectivity index is 1.55. The number of hydrogen-bond donors (Lipinski definition) is 2. The molecular weight excluding hydrogens is 582 g/mol. The first kappa shape index (κ1) is 34.2. The van der Waals surface area contributed by atoms with Crippen LogP contribution >= 0.6 is 0 Å². The molecule has 1 aliphatic rings. The number of benzene rings is 3. The Morgan fingerprint density at radius 2 is 1.46 bits per heavy atom. The highest BCUT2D eigenvalue weighted by atomic mass is 16.6. The molecule has 2 N–H and O–H groups in total. The minimum absolute atomic E-state index is 0.108. The molecular formula is C37H45N3O6. The third-order valence-corrected chi connectivity index (χ3v) is 8.12. The molecule has 244 valence electrons. The first-order chi connectivity index (χ1) is 21.9. The third-order valence-electron chi connectivity index (χ3n) is 8.12. The summed E-state index contributed by atoms with van der Waals surface area (Å²) in [6.45, 7) is 9.07. The first-order valence-corrected chi connectivity index (χ1v) is 15.9. The Bertz CT molecular complexity index is 1490. The van der Waals surface area contributed by atoms with Gasteiger partial charge in [-0.15, -0.1) is 0 Å². The van der Waals surface area contributed by atoms with Crippen molar-refractivity contribution in [2.75, 3.05) is 6.54 Å². The van der Waals surface area contributed by atoms with Gasteiger partial charge in [0, 0.05) is 13.0 Å². The number of carbonyl (C=O) groups is 4. The number of likely N-dealkylation sites (tertiary alicyclic amines) is 1. The summed E-state index contributed by atoms with van der Waals surface area (Å²) in [6.07, 6.45) is 0.818. The highest BCUT2D eigenvalue weighted by Gasteiger charge is 2.41. The van der Waals surface area contributed by atoms with E-state index in [0.717, 1.165) is 22.3 Å². The largest absolute Gasteiger partial charge is 0.459 e. The molecule has 3 atom stereocenters. The molecule has 0 saturated carbocycles. The molecule has 46 heavy (non-hydrogen) atoms. The highest BCUT2D eigenvalue weighted by molar-refractivity contribution is 5.95. The maximum Gasteiger partial charge on any atom is 0.408 e. The van der Waals surface area contributed by atoms with Gasteiger partial charge in [-0.1, -0.05) is 91.9 Å². The molecule has 4 rings (SSSR count). The lowest BCUT2D eigenvalue weighted by atomic mass is 9.95. The van der Waals surface area contributed by atoms with Crippen LogP contribution in [0.4, 0.5) is 4.79 Å². The van der Waals surface area contributed by atoms with Crippen molar-refractivity contribution in [2.45, 2.75) is 90.1 Å². The van der Waals surface area contributed by atoms with Gasteiger partial charge in [0.15, 0.2) is 0 Å². The molecule has 3 aromatic carbocycles. The number of carbonyl (C=O) groups excluding carboxylic acids is 4. The minimum Gasteiger partial charge on any atom is -0.459 e. The predicted molar refractivity (Wildman–Crippen MR) is 177 cm³/mol. The van der Waals surface area contributed by atoms with Gasteiger partial charge in [-0.25, -0.2) is 9.59 Å². The molecule has 3 amide bonds. The van der Waals surface area contributed by atoms with Gasteiger partial charge in [0.2, 0.25) is 11.8 Å². The molecule has 0 aliphatic carbocycles. The first-order valence-electron chi connectivity index (χ1n) is 15.9. The van der Waals surface area contributed by atoms with Gasteiger partial charge in [0.25, 0.3) is 0 Å². The molecule has 9 nitrogen and oxygen atoms in total. The fourth-order valence-corrected chi connectivity index (χ4v) is 5.35. The van der Waals surface area contributed by atoms with Gasteiger partial charge in [-0.3, -0.25) is 9.59 Å². The summed E-state index contributed by atoms with van der Waals surface area (Å²) in [7, 11) is 0. The number of nitrogens with one attached hydrogen (secondary N) is 2. The quantitative estimate of drug-likeness (QED) is 0.260. The number of amides is 3. The van der Waals surface area contributed by atoms with Crippen molar-refractivity contribution >= 4 is 23.9 Å². The third kappa shape index (κ3) is 9.19. The van der Waals surface area contributed by atoms with E-state index in [0.29, 0.717) is 19.4 Å². The summed E-state index contributed by atoms with van der Waals surface area (Å²) < 4.78 is 11.0. The fraction of sp³-hybridized carbons (Fsp3) is 0.405. The van der Waals surface area contributed by atoms with E-state index in [2.05, 4.69) is 10.6 Å². The number of esters is 1. The molecule has 0 radical (unpaired) electrons. The van der Waals surface area contributed by atoms with Crippen molar-refractivity contribution in [3.8, 4) is 11.1 Å². The SMILES string of the molecule is CC[C@](C)(NC(=O)OC(C)(C)C)C(=O)N[C@@H](Cc1ccc(-c2ccccc2)cc1)C(=O)N1CCC[C@@H]1C(=O)OCc1ccccc1. The summed E-state index contributed by atoms with van der Waals surface area (Å²) in [6, 6.07) is 25.4. The van der Waals surface area contributed by atoms with Gasteiger partial charge in [-0.05, 0) is 69.2 Å². The summed E-state index contributed by atoms with van der Waals surface area (Å²) in [5.74, 6) is -1.38. The second-order valence-electron chi connectivity index (χ2n) is 12.9. The van der Waals surface area contributed by atoms with Crippen LogP contribution in [0.5, 0.6) is 0 Å². The number of alkyl carbamates (subject to hydrolysis) is 1. The topological polar surface area (TPSA) is 114 Å². The Labute approximate surface area is 271 Å². The van der Waals surface area contributed by atoms with E-state index in [1.54, 1.807) is 34.6 Å². The maximum absolute atomic E-state index is 14.2. The van der Waals surface area contributed by atoms with Crippen LogP contribution in [0.1, 0.15) is 65.0 Å². The van der Waals surface area contributed by atoms with Gasteiger partial charge in [-0.2, -0.15) is 0 Å². The lowest BCUT2D eigenvalue weighted by Gasteiger charge is -2.33. The Morgan fingerprint density at radius 1 is 0.848 bits per heavy atom. The molecule has 9 heteroatoms. The van der Waals surface area contributed by atoms with E-state index in [9.17, 15) is 19.2 Å². The van der Waals surface area contributed by atoms with Crippen LogP contribution in [-0.4, -0.2) is 58.5 Å². The molecule has 0 aromatic heterocycles. The van der Waals surface area contributed by atoms with Gasteiger partial charge in [0.1, 0.15) is 29.8 Å². The van der Waals surface area contributed by atoms with Crippen molar-refractivity contribution < 1.29 is 28.7 Å². The van der Waals surface area contributed by atoms with Crippen molar-refractivity contribution in [3.05, 3.63) is 96.1 Å². The van der Waals surface area contributed by atoms with Crippen LogP contribution in [0.25, 0.3) is 11.1 Å². The summed E-state index contributed by atoms with van der Waals surface area (Å²) in [5.41, 5.74) is 1.68. The minimum atomic E-state index is -1.35. The van der Waals surface area contributed by atoms with E-state index in [-0.39, 0.29) is 25.4 Å². The van der Waals surface area contributed by atoms with Crippen LogP contribution in [-0.2, 0) is 36.9 Å². The standard InChI is InChI=1S/C37H45N3O6/c1-6-37(5,39-35(44)46-36(2,3)4)34(43)38-30(24-26-19-21-29(22-20-26)28-16-11-8-12-17-28)32(41)40-23-13-18-31(40)33(42)45-25-27-14-9-7-10-15-27/h7-12,14-17,19-22,30-31H,6,13,18,23-25H2,1-5H3,(H,38,43)(H,39,44)/t30-,31+,37-/m0/s1. The smallest absolute Gasteiger partial charge is 0.408 e. The van der Waals surface area contributed by atoms with E-state index in [1.165, 1.54) is 4.90 Å². The molecule has 0 spiro atoms. The number of nitrogens with zero attached hydrogens (tertiary/aromatic N) is 1. The highest BCUT2D eigenvalue weighted by Crippen LogP contribution is 2.24. The van der Waals surface area contributed by atoms with E-state index < -0.39 is 41.2 Å². The zero-order valence-electron chi connectivity index (χ0n) is 27.4. The van der Waals surface area contributed by atoms with E-state index in [1.807, 2.05) is 84.9 Å². The number of rotatable bonds is 11. The monoisotopic (exact) mass is 627 g/mol. The zero-order chi connectivity index (χ0) is 33.3. The van der Waals surface area contributed by atoms with Gasteiger partial charge >= 0.3 is 12.1 Å². The zero-order valence-corrected chi connectivity index (χ0v) is 27.4. The second kappa shape index (κ2) is 15.1. The van der Waals surface area contributed by atoms with Gasteiger partial charge < -0.3 is 25.0 Å². The van der Waals surface area contributed by atoms with E-state index in [4.69, 9.17) is 9.47 Å². The van der Waals surface area contributed by atoms with Crippen molar-refractivity contribution in [3.63, 3.8) is 0 Å². The molecule has 1 aliphatic heterocycles. The Kier molecular flexibility index (Phi) is 11.2. The van der Waals surface area contributed by atoms with Gasteiger partial charge in [0.05, 0.1) is 0 Å². The van der Waals surface area contributed by atoms with Crippen LogP contribution in [0.15, 0.2) is 84.9 Å². The van der Waals surface area contributed by atoms with Crippen LogP contribution in [0.3, 0.4) is 0 Å². The average Bonchev–Trinajstić information content (AvgIpc) is 3.53. The Morgan fingerprint density at radius 3 is 2.07 bits per heavy atom. The summed E-state index contributed by atoms with van der Waals surface area (Å²) in [5, 5.41) is 5.60. The number of hydrogen-bond acceptors (Lipinski definition) is 6. The van der Waals surface area contributed by atoms with Crippen LogP contribution in [0, 0.1) is 0 Å². The molecule has 0 unspecified atom stereocenters. The summed E-state index contributed by atoms with van der Waals surface area (Å²) in [4.78, 5) is 55.3. The molecule has 0 bridgehead atoms. The second-order valence-corrected chi connectivity index (χ2v) is 12.9. The normalized spacial score (nSPS) is 16.5. The summed E-state index contributed by atoms with van der Waals surface area (Å²) >= 11 is 0. The van der Waals surface area contributed by atoms with Crippen molar-refractivity contribution in [1.82, 2.24) is 15.5 Å². The average molecular weight is 628 g/mol. The molecule has 3 aromatic rings. The van der Waals surface area contributed by atoms with Crippen LogP contribution < -0.4 is 10.6 Å². The lowest BCUT2D eigenvalue weighted by molar-refractivity contribution is -0.155. The van der Waals surface area contributed by atoms with Crippen molar-refractivity contribution in [2.24, 2.45) is 0 Å². The predicted octanol–water partition coefficient (Wildman–Crippen LogP) is 5.81. The van der Waals surface area contributed by atoms with E-state index >= 15 is 0 Å². The lowest BCUT2D eigenvalue weighted by Crippen LogP contribution is -2.61. The van der Waals surface area contributed by atoms with Crippen LogP contribution in [0.2, 0.25) is 0 Å². The molecule has 1 saturated heterocycles. The Hall–Kier alpha value is -4.66. The number of ether oxygens (including phenoxy) is 2. The fourth-order valence-electron chi connectivity index (χ4n) is 5.35. The molecule has 1 heterocycles.